The summed E-state index contributed by atoms with van der Waals surface area (Å²) in [6.45, 7) is 6.47. The number of carbonyl (C=O) groups excluding carboxylic acids is 2. The molecule has 3 aromatic carbocycles. The Hall–Kier alpha value is -3.86. The Morgan fingerprint density at radius 3 is 2.38 bits per heavy atom. The van der Waals surface area contributed by atoms with Gasteiger partial charge in [0.25, 0.3) is 5.91 Å². The topological polar surface area (TPSA) is 56.4 Å². The molecule has 2 atom stereocenters. The quantitative estimate of drug-likeness (QED) is 0.398. The molecule has 2 aliphatic rings. The first kappa shape index (κ1) is 20.7. The molecule has 5 heteroatoms. The van der Waals surface area contributed by atoms with Crippen molar-refractivity contribution in [3.63, 3.8) is 0 Å². The number of fused-ring (bicyclic) bond motifs is 5. The van der Waals surface area contributed by atoms with Gasteiger partial charge in [-0.1, -0.05) is 67.1 Å². The minimum Gasteiger partial charge on any atom is -0.356 e. The van der Waals surface area contributed by atoms with Crippen LogP contribution in [0.25, 0.3) is 10.9 Å². The third kappa shape index (κ3) is 2.73. The fourth-order valence-corrected chi connectivity index (χ4v) is 5.60. The third-order valence-electron chi connectivity index (χ3n) is 7.61. The number of rotatable bonds is 3. The van der Waals surface area contributed by atoms with Gasteiger partial charge in [-0.25, -0.2) is 9.69 Å². The van der Waals surface area contributed by atoms with Crippen LogP contribution in [0.2, 0.25) is 0 Å². The summed E-state index contributed by atoms with van der Waals surface area (Å²) in [6.07, 6.45) is 0.978. The van der Waals surface area contributed by atoms with E-state index in [9.17, 15) is 9.59 Å². The zero-order valence-corrected chi connectivity index (χ0v) is 19.6. The van der Waals surface area contributed by atoms with Crippen molar-refractivity contribution < 1.29 is 9.59 Å². The Bertz CT molecular complexity index is 1430. The number of nitrogens with zero attached hydrogens (tertiary/aromatic N) is 2. The summed E-state index contributed by atoms with van der Waals surface area (Å²) >= 11 is 0. The number of H-pyrrole nitrogens is 1. The first-order chi connectivity index (χ1) is 16.4. The number of imide groups is 1. The van der Waals surface area contributed by atoms with Crippen molar-refractivity contribution in [2.24, 2.45) is 0 Å². The predicted molar refractivity (Wildman–Crippen MR) is 134 cm³/mol. The molecule has 1 N–H and O–H groups in total. The van der Waals surface area contributed by atoms with Crippen molar-refractivity contribution in [3.8, 4) is 0 Å². The second-order valence-electron chi connectivity index (χ2n) is 9.55. The Balaban J connectivity index is 1.56. The summed E-state index contributed by atoms with van der Waals surface area (Å²) in [4.78, 5) is 34.4. The van der Waals surface area contributed by atoms with Crippen molar-refractivity contribution in [2.75, 3.05) is 11.4 Å². The summed E-state index contributed by atoms with van der Waals surface area (Å²) in [5.41, 5.74) is 5.96. The number of anilines is 1. The number of hydrogen-bond acceptors (Lipinski definition) is 2. The molecular weight excluding hydrogens is 422 g/mol. The molecule has 1 saturated heterocycles. The number of nitrogens with one attached hydrogen (secondary N) is 1. The van der Waals surface area contributed by atoms with Crippen LogP contribution in [0.5, 0.6) is 0 Å². The molecule has 0 aliphatic carbocycles. The minimum atomic E-state index is -1.09. The van der Waals surface area contributed by atoms with Gasteiger partial charge in [-0.2, -0.15) is 0 Å². The van der Waals surface area contributed by atoms with E-state index in [1.54, 1.807) is 4.90 Å². The van der Waals surface area contributed by atoms with Crippen molar-refractivity contribution >= 4 is 28.5 Å². The van der Waals surface area contributed by atoms with Crippen molar-refractivity contribution in [3.05, 3.63) is 101 Å². The summed E-state index contributed by atoms with van der Waals surface area (Å²) in [6, 6.07) is 24.1. The summed E-state index contributed by atoms with van der Waals surface area (Å²) < 4.78 is 0. The lowest BCUT2D eigenvalue weighted by molar-refractivity contribution is -0.125. The van der Waals surface area contributed by atoms with Gasteiger partial charge in [0.15, 0.2) is 5.54 Å². The van der Waals surface area contributed by atoms with Gasteiger partial charge in [0, 0.05) is 23.4 Å². The molecule has 2 unspecified atom stereocenters. The van der Waals surface area contributed by atoms with E-state index in [0.717, 1.165) is 39.7 Å². The third-order valence-corrected chi connectivity index (χ3v) is 7.61. The normalized spacial score (nSPS) is 21.8. The van der Waals surface area contributed by atoms with Crippen LogP contribution in [-0.4, -0.2) is 28.4 Å². The number of hydrogen-bond donors (Lipinski definition) is 1. The maximum Gasteiger partial charge on any atom is 0.332 e. The fourth-order valence-electron chi connectivity index (χ4n) is 5.60. The molecule has 6 rings (SSSR count). The minimum absolute atomic E-state index is 0.0279. The second-order valence-corrected chi connectivity index (χ2v) is 9.55. The molecule has 4 aromatic rings. The Morgan fingerprint density at radius 2 is 1.68 bits per heavy atom. The number of para-hydroxylation sites is 1. The van der Waals surface area contributed by atoms with Gasteiger partial charge in [0.05, 0.1) is 11.4 Å². The van der Waals surface area contributed by atoms with Crippen LogP contribution in [0.15, 0.2) is 72.8 Å². The average molecular weight is 450 g/mol. The first-order valence-electron chi connectivity index (χ1n) is 11.9. The van der Waals surface area contributed by atoms with Crippen LogP contribution < -0.4 is 4.90 Å². The molecule has 5 nitrogen and oxygen atoms in total. The number of carbonyl (C=O) groups is 2. The van der Waals surface area contributed by atoms with E-state index in [4.69, 9.17) is 0 Å². The highest BCUT2D eigenvalue weighted by atomic mass is 16.2. The van der Waals surface area contributed by atoms with Gasteiger partial charge >= 0.3 is 6.03 Å². The average Bonchev–Trinajstić information content (AvgIpc) is 3.34. The van der Waals surface area contributed by atoms with Gasteiger partial charge in [-0.05, 0) is 55.2 Å². The van der Waals surface area contributed by atoms with E-state index in [0.29, 0.717) is 12.2 Å². The largest absolute Gasteiger partial charge is 0.356 e. The number of amides is 3. The molecule has 1 aromatic heterocycles. The highest BCUT2D eigenvalue weighted by Gasteiger charge is 2.60. The Labute approximate surface area is 199 Å². The number of benzene rings is 3. The standard InChI is InChI=1S/C29H27N3O2/c1-4-19-11-13-20(14-12-19)23-17-31-28(34)32(21-15-9-18(2)10-16-21)27(33)29(31,3)26-25(23)22-7-5-6-8-24(22)30-26/h5-16,23,30H,4,17H2,1-3H3. The van der Waals surface area contributed by atoms with E-state index in [1.165, 1.54) is 10.5 Å². The van der Waals surface area contributed by atoms with Crippen LogP contribution in [0.4, 0.5) is 10.5 Å². The zero-order chi connectivity index (χ0) is 23.6. The van der Waals surface area contributed by atoms with Crippen LogP contribution in [0.3, 0.4) is 0 Å². The smallest absolute Gasteiger partial charge is 0.332 e. The lowest BCUT2D eigenvalue weighted by Gasteiger charge is -2.40. The summed E-state index contributed by atoms with van der Waals surface area (Å²) in [5, 5.41) is 1.11. The molecule has 3 heterocycles. The lowest BCUT2D eigenvalue weighted by atomic mass is 9.78. The SMILES string of the molecule is CCc1ccc(C2CN3C(=O)N(c4ccc(C)cc4)C(=O)C3(C)c3[nH]c4ccccc4c32)cc1. The van der Waals surface area contributed by atoms with Crippen molar-refractivity contribution in [1.29, 1.82) is 0 Å². The summed E-state index contributed by atoms with van der Waals surface area (Å²) in [5.74, 6) is -0.242. The van der Waals surface area contributed by atoms with Crippen LogP contribution in [0.1, 0.15) is 47.7 Å². The van der Waals surface area contributed by atoms with Crippen LogP contribution >= 0.6 is 0 Å². The van der Waals surface area contributed by atoms with E-state index in [-0.39, 0.29) is 17.9 Å². The first-order valence-corrected chi connectivity index (χ1v) is 11.9. The van der Waals surface area contributed by atoms with Gasteiger partial charge in [0.1, 0.15) is 0 Å². The van der Waals surface area contributed by atoms with E-state index in [1.807, 2.05) is 56.3 Å². The second kappa shape index (κ2) is 7.32. The predicted octanol–water partition coefficient (Wildman–Crippen LogP) is 5.87. The van der Waals surface area contributed by atoms with Gasteiger partial charge in [-0.3, -0.25) is 4.79 Å². The molecule has 0 bridgehead atoms. The molecular formula is C29H27N3O2. The van der Waals surface area contributed by atoms with E-state index < -0.39 is 5.54 Å². The Kier molecular flexibility index (Phi) is 4.46. The van der Waals surface area contributed by atoms with Crippen LogP contribution in [0, 0.1) is 6.92 Å². The molecule has 2 aliphatic heterocycles. The van der Waals surface area contributed by atoms with Gasteiger partial charge < -0.3 is 9.88 Å². The maximum atomic E-state index is 14.0. The number of urea groups is 1. The molecule has 3 amide bonds. The van der Waals surface area contributed by atoms with Crippen LogP contribution in [-0.2, 0) is 16.8 Å². The highest BCUT2D eigenvalue weighted by Crippen LogP contribution is 2.50. The fraction of sp³-hybridized carbons (Fsp3) is 0.241. The maximum absolute atomic E-state index is 14.0. The molecule has 34 heavy (non-hydrogen) atoms. The highest BCUT2D eigenvalue weighted by molar-refractivity contribution is 6.23. The molecule has 0 spiro atoms. The molecule has 0 radical (unpaired) electrons. The summed E-state index contributed by atoms with van der Waals surface area (Å²) in [7, 11) is 0. The van der Waals surface area contributed by atoms with E-state index in [2.05, 4.69) is 42.2 Å². The van der Waals surface area contributed by atoms with Gasteiger partial charge in [0.2, 0.25) is 0 Å². The number of aromatic amines is 1. The molecule has 0 saturated carbocycles. The number of aryl methyl sites for hydroxylation is 2. The monoisotopic (exact) mass is 449 g/mol. The molecule has 170 valence electrons. The lowest BCUT2D eigenvalue weighted by Crippen LogP contribution is -2.50. The zero-order valence-electron chi connectivity index (χ0n) is 19.6. The van der Waals surface area contributed by atoms with Crippen molar-refractivity contribution in [2.45, 2.75) is 38.6 Å². The number of aromatic nitrogens is 1. The van der Waals surface area contributed by atoms with E-state index >= 15 is 0 Å². The Morgan fingerprint density at radius 1 is 0.971 bits per heavy atom. The van der Waals surface area contributed by atoms with Gasteiger partial charge in [-0.15, -0.1) is 0 Å². The molecule has 1 fully saturated rings. The van der Waals surface area contributed by atoms with Crippen molar-refractivity contribution in [1.82, 2.24) is 9.88 Å².